The quantitative estimate of drug-likeness (QED) is 0.652. The summed E-state index contributed by atoms with van der Waals surface area (Å²) >= 11 is 12.3. The third-order valence-corrected chi connectivity index (χ3v) is 5.46. The summed E-state index contributed by atoms with van der Waals surface area (Å²) in [5.74, 6) is 1.17. The molecule has 0 aliphatic carbocycles. The molecule has 2 aromatic carbocycles. The highest BCUT2D eigenvalue weighted by Crippen LogP contribution is 2.38. The second-order valence-electron chi connectivity index (χ2n) is 6.54. The number of rotatable bonds is 4. The van der Waals surface area contributed by atoms with Crippen LogP contribution in [-0.4, -0.2) is 27.8 Å². The number of fused-ring (bicyclic) bond motifs is 1. The number of carbonyl (C=O) groups excluding carboxylic acids is 1. The smallest absolute Gasteiger partial charge is 0.248 e. The van der Waals surface area contributed by atoms with Crippen molar-refractivity contribution in [3.63, 3.8) is 0 Å². The molecule has 3 N–H and O–H groups in total. The Bertz CT molecular complexity index is 1140. The summed E-state index contributed by atoms with van der Waals surface area (Å²) in [7, 11) is 1.61. The van der Waals surface area contributed by atoms with Crippen molar-refractivity contribution in [1.29, 1.82) is 0 Å². The highest BCUT2D eigenvalue weighted by molar-refractivity contribution is 6.42. The summed E-state index contributed by atoms with van der Waals surface area (Å²) < 4.78 is 6.83. The Hall–Kier alpha value is -3.03. The molecule has 0 radical (unpaired) electrons. The number of carbonyl (C=O) groups is 1. The zero-order valence-electron chi connectivity index (χ0n) is 15.6. The normalized spacial score (nSPS) is 15.7. The van der Waals surface area contributed by atoms with Gasteiger partial charge in [-0.3, -0.25) is 4.79 Å². The largest absolute Gasteiger partial charge is 0.497 e. The number of anilines is 1. The van der Waals surface area contributed by atoms with Crippen molar-refractivity contribution in [2.24, 2.45) is 5.73 Å². The van der Waals surface area contributed by atoms with Crippen LogP contribution in [0.3, 0.4) is 0 Å². The van der Waals surface area contributed by atoms with Crippen molar-refractivity contribution in [1.82, 2.24) is 14.8 Å². The lowest BCUT2D eigenvalue weighted by Gasteiger charge is -2.27. The van der Waals surface area contributed by atoms with E-state index in [9.17, 15) is 4.79 Å². The van der Waals surface area contributed by atoms with Gasteiger partial charge in [0.2, 0.25) is 11.9 Å². The van der Waals surface area contributed by atoms with E-state index in [-0.39, 0.29) is 0 Å². The van der Waals surface area contributed by atoms with Gasteiger partial charge in [-0.25, -0.2) is 4.68 Å². The topological polar surface area (TPSA) is 95.1 Å². The number of benzene rings is 2. The Morgan fingerprint density at radius 3 is 2.52 bits per heavy atom. The first kappa shape index (κ1) is 19.3. The second-order valence-corrected chi connectivity index (χ2v) is 7.35. The average Bonchev–Trinajstić information content (AvgIpc) is 3.12. The molecular formula is C20H17Cl2N5O2. The van der Waals surface area contributed by atoms with Gasteiger partial charge in [0.15, 0.2) is 5.82 Å². The van der Waals surface area contributed by atoms with Crippen molar-refractivity contribution in [2.45, 2.75) is 13.0 Å². The van der Waals surface area contributed by atoms with Crippen LogP contribution < -0.4 is 15.8 Å². The molecule has 0 saturated heterocycles. The van der Waals surface area contributed by atoms with Crippen LogP contribution in [0.25, 0.3) is 11.4 Å². The minimum Gasteiger partial charge on any atom is -0.497 e. The number of halogens is 2. The summed E-state index contributed by atoms with van der Waals surface area (Å²) in [6.07, 6.45) is 0. The number of ether oxygens (including phenoxy) is 1. The first-order valence-electron chi connectivity index (χ1n) is 8.72. The molecule has 1 aliphatic rings. The molecular weight excluding hydrogens is 413 g/mol. The number of nitrogens with two attached hydrogens (primary N) is 1. The summed E-state index contributed by atoms with van der Waals surface area (Å²) in [4.78, 5) is 16.8. The van der Waals surface area contributed by atoms with E-state index < -0.39 is 11.9 Å². The average molecular weight is 430 g/mol. The van der Waals surface area contributed by atoms with Crippen molar-refractivity contribution < 1.29 is 9.53 Å². The third kappa shape index (κ3) is 3.43. The van der Waals surface area contributed by atoms with Crippen molar-refractivity contribution >= 4 is 35.1 Å². The molecule has 7 nitrogen and oxygen atoms in total. The minimum atomic E-state index is -0.585. The maximum atomic E-state index is 12.2. The lowest BCUT2D eigenvalue weighted by molar-refractivity contribution is -0.115. The molecule has 29 heavy (non-hydrogen) atoms. The van der Waals surface area contributed by atoms with E-state index >= 15 is 0 Å². The van der Waals surface area contributed by atoms with Crippen LogP contribution in [-0.2, 0) is 4.79 Å². The van der Waals surface area contributed by atoms with Gasteiger partial charge < -0.3 is 15.8 Å². The molecule has 1 aliphatic heterocycles. The van der Waals surface area contributed by atoms with Crippen molar-refractivity contribution in [2.75, 3.05) is 12.4 Å². The van der Waals surface area contributed by atoms with E-state index in [1.165, 1.54) is 0 Å². The molecule has 1 aromatic heterocycles. The van der Waals surface area contributed by atoms with E-state index in [1.54, 1.807) is 36.9 Å². The van der Waals surface area contributed by atoms with Gasteiger partial charge in [-0.1, -0.05) is 29.3 Å². The highest BCUT2D eigenvalue weighted by atomic mass is 35.5. The van der Waals surface area contributed by atoms with Gasteiger partial charge in [0.05, 0.1) is 22.7 Å². The molecule has 1 amide bonds. The monoisotopic (exact) mass is 429 g/mol. The Morgan fingerprint density at radius 1 is 1.17 bits per heavy atom. The first-order chi connectivity index (χ1) is 13.9. The van der Waals surface area contributed by atoms with Gasteiger partial charge in [-0.2, -0.15) is 4.98 Å². The molecule has 4 rings (SSSR count). The standard InChI is InChI=1S/C20H17Cl2N5O2/c1-10-16(18(23)28)17(12-5-8-14(21)15(22)9-12)27-20(24-10)25-19(26-27)11-3-6-13(29-2)7-4-11/h3-9,17H,1-2H3,(H2,23,28)(H,24,25,26). The molecule has 1 atom stereocenters. The molecule has 2 heterocycles. The lowest BCUT2D eigenvalue weighted by Crippen LogP contribution is -2.31. The molecule has 0 fully saturated rings. The van der Waals surface area contributed by atoms with Gasteiger partial charge >= 0.3 is 0 Å². The number of aromatic nitrogens is 3. The van der Waals surface area contributed by atoms with E-state index in [2.05, 4.69) is 15.4 Å². The van der Waals surface area contributed by atoms with Gasteiger partial charge in [0, 0.05) is 11.3 Å². The van der Waals surface area contributed by atoms with Gasteiger partial charge in [-0.05, 0) is 48.9 Å². The molecule has 0 bridgehead atoms. The fraction of sp³-hybridized carbons (Fsp3) is 0.150. The molecule has 9 heteroatoms. The zero-order chi connectivity index (χ0) is 20.7. The summed E-state index contributed by atoms with van der Waals surface area (Å²) in [6, 6.07) is 12.0. The molecule has 0 saturated carbocycles. The third-order valence-electron chi connectivity index (χ3n) is 4.73. The van der Waals surface area contributed by atoms with Crippen molar-refractivity contribution in [3.8, 4) is 17.1 Å². The zero-order valence-corrected chi connectivity index (χ0v) is 17.1. The van der Waals surface area contributed by atoms with Gasteiger partial charge in [0.1, 0.15) is 11.8 Å². The van der Waals surface area contributed by atoms with Crippen LogP contribution in [0.1, 0.15) is 18.5 Å². The Morgan fingerprint density at radius 2 is 1.90 bits per heavy atom. The lowest BCUT2D eigenvalue weighted by atomic mass is 9.95. The number of hydrogen-bond acceptors (Lipinski definition) is 5. The molecule has 3 aromatic rings. The van der Waals surface area contributed by atoms with Crippen LogP contribution in [0.15, 0.2) is 53.7 Å². The first-order valence-corrected chi connectivity index (χ1v) is 9.48. The number of primary amides is 1. The van der Waals surface area contributed by atoms with Crippen LogP contribution in [0.5, 0.6) is 5.75 Å². The van der Waals surface area contributed by atoms with Crippen molar-refractivity contribution in [3.05, 3.63) is 69.3 Å². The Balaban J connectivity index is 1.85. The van der Waals surface area contributed by atoms with Gasteiger partial charge in [0.25, 0.3) is 0 Å². The number of methoxy groups -OCH3 is 1. The highest BCUT2D eigenvalue weighted by Gasteiger charge is 2.33. The predicted molar refractivity (Wildman–Crippen MR) is 112 cm³/mol. The molecule has 0 spiro atoms. The summed E-state index contributed by atoms with van der Waals surface area (Å²) in [5.41, 5.74) is 8.20. The molecule has 1 unspecified atom stereocenters. The number of allylic oxidation sites excluding steroid dienone is 1. The van der Waals surface area contributed by atoms with Crippen LogP contribution in [0, 0.1) is 0 Å². The minimum absolute atomic E-state index is 0.376. The van der Waals surface area contributed by atoms with Gasteiger partial charge in [-0.15, -0.1) is 5.10 Å². The predicted octanol–water partition coefficient (Wildman–Crippen LogP) is 4.03. The number of hydrogen-bond donors (Lipinski definition) is 2. The van der Waals surface area contributed by atoms with Crippen LogP contribution >= 0.6 is 23.2 Å². The fourth-order valence-corrected chi connectivity index (χ4v) is 3.63. The fourth-order valence-electron chi connectivity index (χ4n) is 3.32. The molecule has 148 valence electrons. The van der Waals surface area contributed by atoms with E-state index in [1.807, 2.05) is 24.3 Å². The number of nitrogens with zero attached hydrogens (tertiary/aromatic N) is 3. The van der Waals surface area contributed by atoms with Crippen LogP contribution in [0.2, 0.25) is 10.0 Å². The van der Waals surface area contributed by atoms with E-state index in [0.717, 1.165) is 16.9 Å². The maximum Gasteiger partial charge on any atom is 0.248 e. The SMILES string of the molecule is COc1ccc(-c2nc3n(n2)C(c2ccc(Cl)c(Cl)c2)C(C(N)=O)=C(C)N3)cc1. The van der Waals surface area contributed by atoms with E-state index in [0.29, 0.717) is 33.1 Å². The van der Waals surface area contributed by atoms with E-state index in [4.69, 9.17) is 33.7 Å². The Kier molecular flexibility index (Phi) is 4.94. The Labute approximate surface area is 177 Å². The maximum absolute atomic E-state index is 12.2. The summed E-state index contributed by atoms with van der Waals surface area (Å²) in [5, 5.41) is 8.55. The second kappa shape index (κ2) is 7.42. The number of amides is 1. The summed E-state index contributed by atoms with van der Waals surface area (Å²) in [6.45, 7) is 1.77. The number of nitrogens with one attached hydrogen (secondary N) is 1. The van der Waals surface area contributed by atoms with Crippen LogP contribution in [0.4, 0.5) is 5.95 Å².